The van der Waals surface area contributed by atoms with Crippen molar-refractivity contribution in [2.75, 3.05) is 5.32 Å². The molecule has 0 saturated heterocycles. The first-order chi connectivity index (χ1) is 9.86. The van der Waals surface area contributed by atoms with Gasteiger partial charge in [-0.15, -0.1) is 0 Å². The van der Waals surface area contributed by atoms with Gasteiger partial charge in [0.25, 0.3) is 5.69 Å². The Hall–Kier alpha value is -2.45. The summed E-state index contributed by atoms with van der Waals surface area (Å²) in [5.41, 5.74) is 1.28. The topological polar surface area (TPSA) is 115 Å². The summed E-state index contributed by atoms with van der Waals surface area (Å²) in [5, 5.41) is 18.7. The van der Waals surface area contributed by atoms with Crippen LogP contribution in [-0.4, -0.2) is 13.3 Å². The van der Waals surface area contributed by atoms with E-state index in [1.165, 1.54) is 24.3 Å². The molecule has 8 heteroatoms. The smallest absolute Gasteiger partial charge is 0.269 e. The molecule has 0 heterocycles. The molecule has 0 aliphatic heterocycles. The highest BCUT2D eigenvalue weighted by molar-refractivity contribution is 7.89. The summed E-state index contributed by atoms with van der Waals surface area (Å²) in [6, 6.07) is 12.3. The molecule has 0 aliphatic carbocycles. The third-order valence-electron chi connectivity index (χ3n) is 2.78. The predicted octanol–water partition coefficient (Wildman–Crippen LogP) is 1.85. The fourth-order valence-corrected chi connectivity index (χ4v) is 2.33. The van der Waals surface area contributed by atoms with Crippen LogP contribution in [0.15, 0.2) is 53.4 Å². The number of nitrogens with zero attached hydrogens (tertiary/aromatic N) is 1. The fraction of sp³-hybridized carbons (Fsp3) is 0.0769. The Kier molecular flexibility index (Phi) is 4.20. The lowest BCUT2D eigenvalue weighted by Crippen LogP contribution is -2.12. The largest absolute Gasteiger partial charge is 0.381 e. The first-order valence-corrected chi connectivity index (χ1v) is 7.51. The van der Waals surface area contributed by atoms with Gasteiger partial charge < -0.3 is 5.32 Å². The molecule has 3 N–H and O–H groups in total. The summed E-state index contributed by atoms with van der Waals surface area (Å²) in [6.45, 7) is 0.329. The van der Waals surface area contributed by atoms with Gasteiger partial charge in [0, 0.05) is 24.4 Å². The molecule has 0 unspecified atom stereocenters. The first-order valence-electron chi connectivity index (χ1n) is 5.96. The average molecular weight is 307 g/mol. The van der Waals surface area contributed by atoms with E-state index in [0.717, 1.165) is 0 Å². The molecule has 21 heavy (non-hydrogen) atoms. The number of nitrogens with two attached hydrogens (primary N) is 1. The standard InChI is InChI=1S/C13H13N3O4S/c14-21(19,20)13-6-2-4-11(8-13)15-9-10-3-1-5-12(7-10)16(17)18/h1-8,15H,9H2,(H2,14,19,20). The zero-order valence-corrected chi connectivity index (χ0v) is 11.7. The number of nitrogens with one attached hydrogen (secondary N) is 1. The van der Waals surface area contributed by atoms with Gasteiger partial charge in [0.05, 0.1) is 9.82 Å². The zero-order valence-electron chi connectivity index (χ0n) is 10.9. The SMILES string of the molecule is NS(=O)(=O)c1cccc(NCc2cccc([N+](=O)[O-])c2)c1. The maximum Gasteiger partial charge on any atom is 0.269 e. The number of hydrogen-bond acceptors (Lipinski definition) is 5. The van der Waals surface area contributed by atoms with E-state index in [-0.39, 0.29) is 10.6 Å². The van der Waals surface area contributed by atoms with E-state index in [1.54, 1.807) is 24.3 Å². The summed E-state index contributed by atoms with van der Waals surface area (Å²) in [4.78, 5) is 10.2. The number of primary sulfonamides is 1. The summed E-state index contributed by atoms with van der Waals surface area (Å²) < 4.78 is 22.5. The van der Waals surface area contributed by atoms with Gasteiger partial charge in [-0.05, 0) is 23.8 Å². The van der Waals surface area contributed by atoms with Gasteiger partial charge in [-0.2, -0.15) is 0 Å². The van der Waals surface area contributed by atoms with Gasteiger partial charge in [-0.1, -0.05) is 18.2 Å². The molecule has 0 amide bonds. The van der Waals surface area contributed by atoms with E-state index in [0.29, 0.717) is 17.8 Å². The molecular weight excluding hydrogens is 294 g/mol. The van der Waals surface area contributed by atoms with Crippen molar-refractivity contribution in [3.05, 3.63) is 64.2 Å². The molecular formula is C13H13N3O4S. The number of nitro groups is 1. The van der Waals surface area contributed by atoms with Crippen LogP contribution in [0.2, 0.25) is 0 Å². The predicted molar refractivity (Wildman–Crippen MR) is 78.2 cm³/mol. The number of benzene rings is 2. The monoisotopic (exact) mass is 307 g/mol. The minimum atomic E-state index is -3.76. The van der Waals surface area contributed by atoms with Crippen LogP contribution in [0.3, 0.4) is 0 Å². The normalized spacial score (nSPS) is 11.1. The average Bonchev–Trinajstić information content (AvgIpc) is 2.45. The van der Waals surface area contributed by atoms with Crippen LogP contribution in [0.1, 0.15) is 5.56 Å². The Bertz CT molecular complexity index is 774. The van der Waals surface area contributed by atoms with Crippen LogP contribution in [0.5, 0.6) is 0 Å². The lowest BCUT2D eigenvalue weighted by Gasteiger charge is -2.07. The van der Waals surface area contributed by atoms with Crippen LogP contribution < -0.4 is 10.5 Å². The van der Waals surface area contributed by atoms with Crippen molar-refractivity contribution in [1.29, 1.82) is 0 Å². The van der Waals surface area contributed by atoms with Gasteiger partial charge in [0.15, 0.2) is 0 Å². The van der Waals surface area contributed by atoms with Gasteiger partial charge >= 0.3 is 0 Å². The molecule has 0 aromatic heterocycles. The Morgan fingerprint density at radius 2 is 1.86 bits per heavy atom. The van der Waals surface area contributed by atoms with Gasteiger partial charge in [-0.3, -0.25) is 10.1 Å². The minimum Gasteiger partial charge on any atom is -0.381 e. The molecule has 0 aliphatic rings. The molecule has 110 valence electrons. The molecule has 0 spiro atoms. The lowest BCUT2D eigenvalue weighted by atomic mass is 10.2. The van der Waals surface area contributed by atoms with Crippen molar-refractivity contribution < 1.29 is 13.3 Å². The molecule has 0 atom stereocenters. The number of sulfonamides is 1. The van der Waals surface area contributed by atoms with E-state index in [1.807, 2.05) is 0 Å². The molecule has 0 saturated carbocycles. The van der Waals surface area contributed by atoms with E-state index < -0.39 is 14.9 Å². The lowest BCUT2D eigenvalue weighted by molar-refractivity contribution is -0.384. The van der Waals surface area contributed by atoms with E-state index in [2.05, 4.69) is 5.32 Å². The zero-order chi connectivity index (χ0) is 15.5. The number of rotatable bonds is 5. The quantitative estimate of drug-likeness (QED) is 0.646. The van der Waals surface area contributed by atoms with Crippen LogP contribution in [-0.2, 0) is 16.6 Å². The van der Waals surface area contributed by atoms with E-state index in [9.17, 15) is 18.5 Å². The van der Waals surface area contributed by atoms with E-state index >= 15 is 0 Å². The van der Waals surface area contributed by atoms with Crippen molar-refractivity contribution in [3.63, 3.8) is 0 Å². The highest BCUT2D eigenvalue weighted by Gasteiger charge is 2.08. The molecule has 7 nitrogen and oxygen atoms in total. The van der Waals surface area contributed by atoms with Crippen molar-refractivity contribution in [2.45, 2.75) is 11.4 Å². The number of hydrogen-bond donors (Lipinski definition) is 2. The minimum absolute atomic E-state index is 0.00606. The van der Waals surface area contributed by atoms with Crippen LogP contribution >= 0.6 is 0 Å². The highest BCUT2D eigenvalue weighted by atomic mass is 32.2. The molecule has 0 bridgehead atoms. The molecule has 2 aromatic carbocycles. The van der Waals surface area contributed by atoms with Crippen molar-refractivity contribution >= 4 is 21.4 Å². The Morgan fingerprint density at radius 1 is 1.14 bits per heavy atom. The molecule has 2 aromatic rings. The van der Waals surface area contributed by atoms with Crippen molar-refractivity contribution in [3.8, 4) is 0 Å². The second-order valence-corrected chi connectivity index (χ2v) is 5.91. The second kappa shape index (κ2) is 5.90. The number of non-ortho nitro benzene ring substituents is 1. The number of nitro benzene ring substituents is 1. The summed E-state index contributed by atoms with van der Waals surface area (Å²) in [6.07, 6.45) is 0. The Morgan fingerprint density at radius 3 is 2.52 bits per heavy atom. The van der Waals surface area contributed by atoms with Gasteiger partial charge in [-0.25, -0.2) is 13.6 Å². The summed E-state index contributed by atoms with van der Waals surface area (Å²) >= 11 is 0. The second-order valence-electron chi connectivity index (χ2n) is 4.35. The molecule has 0 radical (unpaired) electrons. The maximum absolute atomic E-state index is 11.3. The number of anilines is 1. The maximum atomic E-state index is 11.3. The Labute approximate surface area is 121 Å². The first kappa shape index (κ1) is 14.9. The Balaban J connectivity index is 2.13. The summed E-state index contributed by atoms with van der Waals surface area (Å²) in [7, 11) is -3.76. The van der Waals surface area contributed by atoms with Gasteiger partial charge in [0.2, 0.25) is 10.0 Å². The molecule has 0 fully saturated rings. The van der Waals surface area contributed by atoms with Crippen LogP contribution in [0, 0.1) is 10.1 Å². The third kappa shape index (κ3) is 4.01. The van der Waals surface area contributed by atoms with Crippen LogP contribution in [0.25, 0.3) is 0 Å². The molecule has 2 rings (SSSR count). The van der Waals surface area contributed by atoms with Crippen molar-refractivity contribution in [1.82, 2.24) is 0 Å². The fourth-order valence-electron chi connectivity index (χ4n) is 1.77. The third-order valence-corrected chi connectivity index (χ3v) is 3.69. The highest BCUT2D eigenvalue weighted by Crippen LogP contribution is 2.17. The van der Waals surface area contributed by atoms with Crippen LogP contribution in [0.4, 0.5) is 11.4 Å². The van der Waals surface area contributed by atoms with Crippen molar-refractivity contribution in [2.24, 2.45) is 5.14 Å². The van der Waals surface area contributed by atoms with E-state index in [4.69, 9.17) is 5.14 Å². The summed E-state index contributed by atoms with van der Waals surface area (Å²) in [5.74, 6) is 0. The van der Waals surface area contributed by atoms with Gasteiger partial charge in [0.1, 0.15) is 0 Å².